The summed E-state index contributed by atoms with van der Waals surface area (Å²) in [6, 6.07) is 20.6. The third kappa shape index (κ3) is 3.84. The molecule has 2 aromatic carbocycles. The molecule has 2 aromatic heterocycles. The molecular weight excluding hydrogens is 356 g/mol. The van der Waals surface area contributed by atoms with Gasteiger partial charge < -0.3 is 19.5 Å². The molecule has 0 aliphatic heterocycles. The summed E-state index contributed by atoms with van der Waals surface area (Å²) >= 11 is 0. The first-order valence-corrected chi connectivity index (χ1v) is 8.79. The third-order valence-electron chi connectivity index (χ3n) is 4.29. The van der Waals surface area contributed by atoms with Gasteiger partial charge in [-0.05, 0) is 42.0 Å². The van der Waals surface area contributed by atoms with Crippen molar-refractivity contribution in [1.82, 2.24) is 20.0 Å². The van der Waals surface area contributed by atoms with Gasteiger partial charge in [0.05, 0.1) is 6.10 Å². The van der Waals surface area contributed by atoms with Crippen LogP contribution in [0.1, 0.15) is 22.4 Å². The molecule has 0 unspecified atom stereocenters. The maximum atomic E-state index is 12.2. The lowest BCUT2D eigenvalue weighted by Gasteiger charge is -2.10. The van der Waals surface area contributed by atoms with Crippen molar-refractivity contribution in [1.29, 1.82) is 0 Å². The predicted molar refractivity (Wildman–Crippen MR) is 103 cm³/mol. The van der Waals surface area contributed by atoms with E-state index < -0.39 is 12.0 Å². The van der Waals surface area contributed by atoms with Crippen LogP contribution in [0.5, 0.6) is 0 Å². The quantitative estimate of drug-likeness (QED) is 0.541. The van der Waals surface area contributed by atoms with E-state index in [2.05, 4.69) is 15.5 Å². The van der Waals surface area contributed by atoms with Crippen molar-refractivity contribution in [3.63, 3.8) is 0 Å². The standard InChI is InChI=1S/C21H18N4O3/c26-18(15-6-2-1-3-7-15)14-22-20(27)21-23-19(24-28-21)16-8-10-17(11-9-16)25-12-4-5-13-25/h1-13,18,26H,14H2,(H,22,27)/t18-/m1/s1. The summed E-state index contributed by atoms with van der Waals surface area (Å²) < 4.78 is 7.04. The van der Waals surface area contributed by atoms with E-state index in [0.29, 0.717) is 5.82 Å². The van der Waals surface area contributed by atoms with Crippen LogP contribution in [-0.4, -0.2) is 32.3 Å². The molecule has 7 nitrogen and oxygen atoms in total. The molecule has 0 saturated heterocycles. The number of hydrogen-bond acceptors (Lipinski definition) is 5. The number of aliphatic hydroxyl groups excluding tert-OH is 1. The highest BCUT2D eigenvalue weighted by atomic mass is 16.5. The average Bonchev–Trinajstić information content (AvgIpc) is 3.45. The Hall–Kier alpha value is -3.71. The normalized spacial score (nSPS) is 11.9. The van der Waals surface area contributed by atoms with Crippen LogP contribution >= 0.6 is 0 Å². The Balaban J connectivity index is 1.40. The SMILES string of the molecule is O=C(NC[C@@H](O)c1ccccc1)c1nc(-c2ccc(-n3cccc3)cc2)no1. The summed E-state index contributed by atoms with van der Waals surface area (Å²) in [5, 5.41) is 16.6. The molecule has 2 heterocycles. The zero-order chi connectivity index (χ0) is 19.3. The molecule has 0 spiro atoms. The maximum absolute atomic E-state index is 12.2. The van der Waals surface area contributed by atoms with Gasteiger partial charge in [-0.15, -0.1) is 0 Å². The fraction of sp³-hybridized carbons (Fsp3) is 0.0952. The highest BCUT2D eigenvalue weighted by Gasteiger charge is 2.17. The highest BCUT2D eigenvalue weighted by Crippen LogP contribution is 2.18. The van der Waals surface area contributed by atoms with Gasteiger partial charge in [0.2, 0.25) is 5.82 Å². The lowest BCUT2D eigenvalue weighted by atomic mass is 10.1. The highest BCUT2D eigenvalue weighted by molar-refractivity contribution is 5.89. The van der Waals surface area contributed by atoms with Gasteiger partial charge in [0.1, 0.15) is 0 Å². The summed E-state index contributed by atoms with van der Waals surface area (Å²) in [6.07, 6.45) is 3.10. The van der Waals surface area contributed by atoms with E-state index in [1.54, 1.807) is 12.1 Å². The lowest BCUT2D eigenvalue weighted by Crippen LogP contribution is -2.28. The van der Waals surface area contributed by atoms with Gasteiger partial charge in [0.15, 0.2) is 0 Å². The molecule has 0 radical (unpaired) electrons. The number of hydrogen-bond donors (Lipinski definition) is 2. The number of nitrogens with one attached hydrogen (secondary N) is 1. The Labute approximate surface area is 161 Å². The van der Waals surface area contributed by atoms with Gasteiger partial charge in [0, 0.05) is 30.2 Å². The Kier molecular flexibility index (Phi) is 4.99. The van der Waals surface area contributed by atoms with E-state index in [1.165, 1.54) is 0 Å². The van der Waals surface area contributed by atoms with E-state index in [0.717, 1.165) is 16.8 Å². The van der Waals surface area contributed by atoms with Crippen molar-refractivity contribution in [2.75, 3.05) is 6.54 Å². The summed E-state index contributed by atoms with van der Waals surface area (Å²) in [6.45, 7) is 0.0477. The largest absolute Gasteiger partial charge is 0.387 e. The minimum Gasteiger partial charge on any atom is -0.387 e. The number of carbonyl (C=O) groups is 1. The molecule has 1 amide bonds. The molecule has 28 heavy (non-hydrogen) atoms. The molecule has 0 fully saturated rings. The number of amides is 1. The second kappa shape index (κ2) is 7.89. The molecule has 0 saturated carbocycles. The van der Waals surface area contributed by atoms with Gasteiger partial charge in [0.25, 0.3) is 0 Å². The van der Waals surface area contributed by atoms with Crippen molar-refractivity contribution >= 4 is 5.91 Å². The maximum Gasteiger partial charge on any atom is 0.316 e. The van der Waals surface area contributed by atoms with Gasteiger partial charge in [-0.25, -0.2) is 0 Å². The first-order chi connectivity index (χ1) is 13.7. The molecule has 4 rings (SSSR count). The van der Waals surface area contributed by atoms with E-state index in [9.17, 15) is 9.90 Å². The van der Waals surface area contributed by atoms with E-state index in [4.69, 9.17) is 4.52 Å². The molecule has 0 aliphatic carbocycles. The molecule has 7 heteroatoms. The lowest BCUT2D eigenvalue weighted by molar-refractivity contribution is 0.0873. The summed E-state index contributed by atoms with van der Waals surface area (Å²) in [7, 11) is 0. The van der Waals surface area contributed by atoms with Crippen molar-refractivity contribution in [2.24, 2.45) is 0 Å². The third-order valence-corrected chi connectivity index (χ3v) is 4.29. The zero-order valence-corrected chi connectivity index (χ0v) is 14.9. The molecule has 1 atom stereocenters. The fourth-order valence-electron chi connectivity index (χ4n) is 2.78. The van der Waals surface area contributed by atoms with Crippen molar-refractivity contribution in [3.05, 3.63) is 90.6 Å². The van der Waals surface area contributed by atoms with E-state index in [-0.39, 0.29) is 12.4 Å². The summed E-state index contributed by atoms with van der Waals surface area (Å²) in [5.74, 6) is -0.352. The number of rotatable bonds is 6. The van der Waals surface area contributed by atoms with Gasteiger partial charge in [-0.1, -0.05) is 35.5 Å². The van der Waals surface area contributed by atoms with Crippen LogP contribution < -0.4 is 5.32 Å². The van der Waals surface area contributed by atoms with Crippen molar-refractivity contribution in [2.45, 2.75) is 6.10 Å². The van der Waals surface area contributed by atoms with E-state index in [1.807, 2.05) is 71.6 Å². The second-order valence-corrected chi connectivity index (χ2v) is 6.20. The number of benzene rings is 2. The first-order valence-electron chi connectivity index (χ1n) is 8.79. The van der Waals surface area contributed by atoms with Crippen LogP contribution in [0, 0.1) is 0 Å². The van der Waals surface area contributed by atoms with Crippen LogP contribution in [-0.2, 0) is 0 Å². The zero-order valence-electron chi connectivity index (χ0n) is 14.9. The number of aliphatic hydroxyl groups is 1. The first kappa shape index (κ1) is 17.7. The van der Waals surface area contributed by atoms with Crippen molar-refractivity contribution in [3.8, 4) is 17.1 Å². The topological polar surface area (TPSA) is 93.2 Å². The van der Waals surface area contributed by atoms with E-state index >= 15 is 0 Å². The summed E-state index contributed by atoms with van der Waals surface area (Å²) in [5.41, 5.74) is 2.46. The number of carbonyl (C=O) groups excluding carboxylic acids is 1. The second-order valence-electron chi connectivity index (χ2n) is 6.20. The Morgan fingerprint density at radius 1 is 1.04 bits per heavy atom. The molecule has 140 valence electrons. The molecule has 4 aromatic rings. The summed E-state index contributed by atoms with van der Waals surface area (Å²) in [4.78, 5) is 16.4. The smallest absolute Gasteiger partial charge is 0.316 e. The van der Waals surface area contributed by atoms with Gasteiger partial charge in [-0.3, -0.25) is 4.79 Å². The Morgan fingerprint density at radius 3 is 2.46 bits per heavy atom. The van der Waals surface area contributed by atoms with Crippen LogP contribution in [0.2, 0.25) is 0 Å². The van der Waals surface area contributed by atoms with Crippen LogP contribution in [0.25, 0.3) is 17.1 Å². The average molecular weight is 374 g/mol. The monoisotopic (exact) mass is 374 g/mol. The van der Waals surface area contributed by atoms with Crippen LogP contribution in [0.15, 0.2) is 83.6 Å². The fourth-order valence-corrected chi connectivity index (χ4v) is 2.78. The Morgan fingerprint density at radius 2 is 1.75 bits per heavy atom. The molecular formula is C21H18N4O3. The minimum absolute atomic E-state index is 0.0477. The van der Waals surface area contributed by atoms with Crippen LogP contribution in [0.4, 0.5) is 0 Å². The van der Waals surface area contributed by atoms with Gasteiger partial charge >= 0.3 is 11.8 Å². The Bertz CT molecular complexity index is 1040. The van der Waals surface area contributed by atoms with Crippen LogP contribution in [0.3, 0.4) is 0 Å². The predicted octanol–water partition coefficient (Wildman–Crippen LogP) is 2.99. The van der Waals surface area contributed by atoms with Gasteiger partial charge in [-0.2, -0.15) is 4.98 Å². The van der Waals surface area contributed by atoms with Crippen molar-refractivity contribution < 1.29 is 14.4 Å². The number of aromatic nitrogens is 3. The minimum atomic E-state index is -0.811. The molecule has 2 N–H and O–H groups in total. The number of nitrogens with zero attached hydrogens (tertiary/aromatic N) is 3. The molecule has 0 bridgehead atoms. The molecule has 0 aliphatic rings.